The van der Waals surface area contributed by atoms with Crippen molar-refractivity contribution in [1.82, 2.24) is 0 Å². The summed E-state index contributed by atoms with van der Waals surface area (Å²) in [6, 6.07) is 43.3. The normalized spacial score (nSPS) is 27.6. The van der Waals surface area contributed by atoms with E-state index in [-0.39, 0.29) is 16.2 Å². The molecule has 5 aromatic rings. The molecule has 6 aliphatic rings. The van der Waals surface area contributed by atoms with Crippen molar-refractivity contribution in [1.29, 1.82) is 0 Å². The molecule has 1 heterocycles. The van der Waals surface area contributed by atoms with Gasteiger partial charge < -0.3 is 9.64 Å². The van der Waals surface area contributed by atoms with Gasteiger partial charge in [0.1, 0.15) is 11.5 Å². The number of benzene rings is 5. The third-order valence-electron chi connectivity index (χ3n) is 13.9. The Labute approximate surface area is 298 Å². The second kappa shape index (κ2) is 10.8. The topological polar surface area (TPSA) is 12.5 Å². The number of nitrogens with zero attached hydrogens (tertiary/aromatic N) is 1. The Bertz CT molecular complexity index is 2080. The second-order valence-electron chi connectivity index (χ2n) is 17.6. The smallest absolute Gasteiger partial charge is 0.139 e. The summed E-state index contributed by atoms with van der Waals surface area (Å²) in [6.45, 7) is 9.79. The molecule has 2 heteroatoms. The maximum Gasteiger partial charge on any atom is 0.139 e. The summed E-state index contributed by atoms with van der Waals surface area (Å²) in [5.74, 6) is 5.17. The van der Waals surface area contributed by atoms with Gasteiger partial charge in [0.25, 0.3) is 0 Å². The molecule has 5 aromatic carbocycles. The van der Waals surface area contributed by atoms with Crippen molar-refractivity contribution in [3.63, 3.8) is 0 Å². The van der Waals surface area contributed by atoms with Gasteiger partial charge >= 0.3 is 0 Å². The second-order valence-corrected chi connectivity index (χ2v) is 17.6. The van der Waals surface area contributed by atoms with Gasteiger partial charge in [0.2, 0.25) is 0 Å². The quantitative estimate of drug-likeness (QED) is 0.191. The Balaban J connectivity index is 1.22. The molecule has 0 aromatic heterocycles. The van der Waals surface area contributed by atoms with Gasteiger partial charge in [0, 0.05) is 33.5 Å². The van der Waals surface area contributed by atoms with Crippen molar-refractivity contribution >= 4 is 17.1 Å². The van der Waals surface area contributed by atoms with Crippen LogP contribution in [0.2, 0.25) is 0 Å². The Hall–Kier alpha value is -4.30. The van der Waals surface area contributed by atoms with E-state index in [4.69, 9.17) is 4.74 Å². The van der Waals surface area contributed by atoms with Crippen LogP contribution in [-0.4, -0.2) is 0 Å². The zero-order chi connectivity index (χ0) is 33.8. The summed E-state index contributed by atoms with van der Waals surface area (Å²) in [7, 11) is 0. The summed E-state index contributed by atoms with van der Waals surface area (Å²) in [4.78, 5) is 2.57. The van der Waals surface area contributed by atoms with Gasteiger partial charge in [0.15, 0.2) is 0 Å². The standard InChI is InChI=1S/C48H49NO/c1-46(2)23-24-47(3,4)44-39(46)18-12-20-42(44)49(36-15-9-6-10-16-36)37-21-22-43-41(30-37)48(34-26-31-25-32(28-34)29-35(48)27-31)40-19-11-17-38(45(40)50-43)33-13-7-5-8-14-33/h5-22,30-32,34-35H,23-29H2,1-4H3. The Kier molecular flexibility index (Phi) is 6.62. The maximum absolute atomic E-state index is 7.17. The highest BCUT2D eigenvalue weighted by atomic mass is 16.5. The number of fused-ring (bicyclic) bond motifs is 3. The molecule has 11 rings (SSSR count). The van der Waals surface area contributed by atoms with Crippen LogP contribution in [0.3, 0.4) is 0 Å². The molecular formula is C48H49NO. The van der Waals surface area contributed by atoms with E-state index < -0.39 is 0 Å². The molecule has 0 N–H and O–H groups in total. The molecule has 4 fully saturated rings. The highest BCUT2D eigenvalue weighted by molar-refractivity contribution is 5.83. The molecule has 0 saturated heterocycles. The third-order valence-corrected chi connectivity index (χ3v) is 13.9. The van der Waals surface area contributed by atoms with Crippen molar-refractivity contribution < 1.29 is 4.74 Å². The van der Waals surface area contributed by atoms with Crippen LogP contribution in [-0.2, 0) is 16.2 Å². The van der Waals surface area contributed by atoms with E-state index in [2.05, 4.69) is 148 Å². The van der Waals surface area contributed by atoms with Gasteiger partial charge in [-0.1, -0.05) is 107 Å². The van der Waals surface area contributed by atoms with E-state index in [0.717, 1.165) is 23.3 Å². The fourth-order valence-electron chi connectivity index (χ4n) is 11.8. The maximum atomic E-state index is 7.17. The van der Waals surface area contributed by atoms with E-state index in [0.29, 0.717) is 11.8 Å². The predicted octanol–water partition coefficient (Wildman–Crippen LogP) is 13.0. The fourth-order valence-corrected chi connectivity index (χ4v) is 11.8. The van der Waals surface area contributed by atoms with Crippen LogP contribution in [0.1, 0.15) is 94.9 Å². The van der Waals surface area contributed by atoms with Crippen LogP contribution in [0, 0.1) is 23.7 Å². The summed E-state index contributed by atoms with van der Waals surface area (Å²) < 4.78 is 7.17. The molecule has 2 nitrogen and oxygen atoms in total. The number of ether oxygens (including phenoxy) is 1. The highest BCUT2D eigenvalue weighted by Crippen LogP contribution is 2.70. The highest BCUT2D eigenvalue weighted by Gasteiger charge is 2.61. The molecule has 5 aliphatic carbocycles. The molecular weight excluding hydrogens is 607 g/mol. The van der Waals surface area contributed by atoms with Crippen LogP contribution in [0.4, 0.5) is 17.1 Å². The third kappa shape index (κ3) is 4.33. The SMILES string of the molecule is CC1(C)CCC(C)(C)c2c(N(c3ccccc3)c3ccc4c(c3)C3(c5cccc(-c6ccccc6)c5O4)C4CC5CC(C4)CC3C5)cccc21. The Morgan fingerprint density at radius 1 is 0.560 bits per heavy atom. The first-order valence-electron chi connectivity index (χ1n) is 19.2. The fraction of sp³-hybridized carbons (Fsp3) is 0.375. The van der Waals surface area contributed by atoms with Gasteiger partial charge in [-0.15, -0.1) is 0 Å². The Morgan fingerprint density at radius 2 is 1.20 bits per heavy atom. The van der Waals surface area contributed by atoms with E-state index in [9.17, 15) is 0 Å². The lowest BCUT2D eigenvalue weighted by Crippen LogP contribution is -2.57. The van der Waals surface area contributed by atoms with Gasteiger partial charge in [0.05, 0.1) is 5.69 Å². The van der Waals surface area contributed by atoms with Crippen molar-refractivity contribution in [2.24, 2.45) is 23.7 Å². The average molecular weight is 656 g/mol. The first-order chi connectivity index (χ1) is 24.2. The lowest BCUT2D eigenvalue weighted by molar-refractivity contribution is -0.0451. The van der Waals surface area contributed by atoms with Crippen LogP contribution >= 0.6 is 0 Å². The molecule has 1 aliphatic heterocycles. The van der Waals surface area contributed by atoms with Crippen LogP contribution in [0.5, 0.6) is 11.5 Å². The molecule has 0 amide bonds. The van der Waals surface area contributed by atoms with Crippen molar-refractivity contribution in [2.75, 3.05) is 4.90 Å². The van der Waals surface area contributed by atoms with E-state index in [1.165, 1.54) is 95.4 Å². The monoisotopic (exact) mass is 655 g/mol. The first kappa shape index (κ1) is 30.5. The van der Waals surface area contributed by atoms with E-state index in [1.54, 1.807) is 0 Å². The summed E-state index contributed by atoms with van der Waals surface area (Å²) in [5.41, 5.74) is 12.2. The number of hydrogen-bond donors (Lipinski definition) is 0. The van der Waals surface area contributed by atoms with Gasteiger partial charge in [-0.3, -0.25) is 0 Å². The molecule has 0 unspecified atom stereocenters. The largest absolute Gasteiger partial charge is 0.456 e. The molecule has 0 atom stereocenters. The summed E-state index contributed by atoms with van der Waals surface area (Å²) in [5, 5.41) is 0. The lowest BCUT2D eigenvalue weighted by Gasteiger charge is -2.63. The summed E-state index contributed by atoms with van der Waals surface area (Å²) >= 11 is 0. The zero-order valence-electron chi connectivity index (χ0n) is 30.1. The Morgan fingerprint density at radius 3 is 1.92 bits per heavy atom. The van der Waals surface area contributed by atoms with Crippen LogP contribution in [0.25, 0.3) is 11.1 Å². The first-order valence-corrected chi connectivity index (χ1v) is 19.2. The molecule has 0 radical (unpaired) electrons. The number of para-hydroxylation sites is 2. The molecule has 252 valence electrons. The molecule has 4 bridgehead atoms. The molecule has 50 heavy (non-hydrogen) atoms. The van der Waals surface area contributed by atoms with Crippen molar-refractivity contribution in [2.45, 2.75) is 88.9 Å². The van der Waals surface area contributed by atoms with E-state index in [1.807, 2.05) is 0 Å². The van der Waals surface area contributed by atoms with Crippen LogP contribution < -0.4 is 9.64 Å². The number of hydrogen-bond acceptors (Lipinski definition) is 2. The van der Waals surface area contributed by atoms with E-state index >= 15 is 0 Å². The minimum Gasteiger partial charge on any atom is -0.456 e. The van der Waals surface area contributed by atoms with Crippen molar-refractivity contribution in [3.8, 4) is 22.6 Å². The molecule has 4 saturated carbocycles. The predicted molar refractivity (Wildman–Crippen MR) is 206 cm³/mol. The minimum atomic E-state index is -0.0448. The van der Waals surface area contributed by atoms with Crippen LogP contribution in [0.15, 0.2) is 115 Å². The van der Waals surface area contributed by atoms with Gasteiger partial charge in [-0.2, -0.15) is 0 Å². The number of anilines is 3. The number of rotatable bonds is 4. The van der Waals surface area contributed by atoms with Gasteiger partial charge in [-0.25, -0.2) is 0 Å². The average Bonchev–Trinajstić information content (AvgIpc) is 3.12. The minimum absolute atomic E-state index is 0.0448. The summed E-state index contributed by atoms with van der Waals surface area (Å²) in [6.07, 6.45) is 9.17. The van der Waals surface area contributed by atoms with Gasteiger partial charge in [-0.05, 0) is 133 Å². The molecule has 1 spiro atoms. The van der Waals surface area contributed by atoms with Crippen molar-refractivity contribution in [3.05, 3.63) is 138 Å². The zero-order valence-corrected chi connectivity index (χ0v) is 30.1. The lowest BCUT2D eigenvalue weighted by atomic mass is 9.41.